The summed E-state index contributed by atoms with van der Waals surface area (Å²) < 4.78 is 36.3. The van der Waals surface area contributed by atoms with Crippen LogP contribution in [0.3, 0.4) is 0 Å². The van der Waals surface area contributed by atoms with Gasteiger partial charge in [0.05, 0.1) is 24.8 Å². The molecule has 0 saturated heterocycles. The van der Waals surface area contributed by atoms with Gasteiger partial charge in [-0.2, -0.15) is 0 Å². The summed E-state index contributed by atoms with van der Waals surface area (Å²) in [6.07, 6.45) is 2.87. The Balaban J connectivity index is 1.75. The zero-order valence-corrected chi connectivity index (χ0v) is 16.6. The molecule has 0 unspecified atom stereocenters. The molecule has 0 fully saturated rings. The number of nitrogens with zero attached hydrogens (tertiary/aromatic N) is 4. The zero-order chi connectivity index (χ0) is 22.2. The summed E-state index contributed by atoms with van der Waals surface area (Å²) in [5.41, 5.74) is 0.178. The van der Waals surface area contributed by atoms with Crippen molar-refractivity contribution in [3.8, 4) is 5.69 Å². The first-order valence-corrected chi connectivity index (χ1v) is 9.75. The van der Waals surface area contributed by atoms with Crippen LogP contribution >= 0.6 is 0 Å². The van der Waals surface area contributed by atoms with Crippen molar-refractivity contribution in [3.63, 3.8) is 0 Å². The largest absolute Gasteiger partial charge is 0.467 e. The fraction of sp³-hybridized carbons (Fsp3) is 0.0870. The molecule has 0 bridgehead atoms. The lowest BCUT2D eigenvalue weighted by atomic mass is 10.2. The highest BCUT2D eigenvalue weighted by molar-refractivity contribution is 5.72. The molecule has 7 nitrogen and oxygen atoms in total. The Morgan fingerprint density at radius 2 is 1.72 bits per heavy atom. The molecular formula is C23H16F2N4O3. The topological polar surface area (TPSA) is 75.0 Å². The second kappa shape index (κ2) is 7.77. The van der Waals surface area contributed by atoms with Gasteiger partial charge >= 0.3 is 5.69 Å². The smallest absolute Gasteiger partial charge is 0.337 e. The highest BCUT2D eigenvalue weighted by Crippen LogP contribution is 2.16. The third-order valence-corrected chi connectivity index (χ3v) is 5.15. The van der Waals surface area contributed by atoms with E-state index < -0.39 is 22.9 Å². The molecule has 160 valence electrons. The predicted molar refractivity (Wildman–Crippen MR) is 113 cm³/mol. The van der Waals surface area contributed by atoms with Crippen LogP contribution in [0, 0.1) is 11.6 Å². The molecule has 5 rings (SSSR count). The van der Waals surface area contributed by atoms with E-state index in [-0.39, 0.29) is 24.3 Å². The number of rotatable bonds is 5. The average Bonchev–Trinajstić information content (AvgIpc) is 3.45. The van der Waals surface area contributed by atoms with Gasteiger partial charge in [0, 0.05) is 6.54 Å². The number of fused-ring (bicyclic) bond motifs is 1. The van der Waals surface area contributed by atoms with Crippen LogP contribution in [-0.4, -0.2) is 18.7 Å². The highest BCUT2D eigenvalue weighted by atomic mass is 19.2. The summed E-state index contributed by atoms with van der Waals surface area (Å²) in [4.78, 5) is 31.0. The molecule has 0 N–H and O–H groups in total. The predicted octanol–water partition coefficient (Wildman–Crippen LogP) is 3.32. The number of hydrogen-bond donors (Lipinski definition) is 0. The summed E-state index contributed by atoms with van der Waals surface area (Å²) in [7, 11) is 0. The van der Waals surface area contributed by atoms with E-state index in [0.29, 0.717) is 17.0 Å². The molecule has 0 aliphatic heterocycles. The summed E-state index contributed by atoms with van der Waals surface area (Å²) in [6, 6.07) is 15.7. The van der Waals surface area contributed by atoms with Gasteiger partial charge < -0.3 is 8.98 Å². The standard InChI is InChI=1S/C23H16F2N4O3/c24-18-9-8-15(11-19(18)25)12-27-14-26-21-20(27)22(30)28(13-17-7-4-10-32-17)23(31)29(21)16-5-2-1-3-6-16/h1-11,14H,12-13H2. The number of aromatic nitrogens is 4. The molecule has 32 heavy (non-hydrogen) atoms. The maximum absolute atomic E-state index is 13.7. The normalized spacial score (nSPS) is 11.3. The molecule has 0 aliphatic carbocycles. The Hall–Kier alpha value is -4.27. The fourth-order valence-corrected chi connectivity index (χ4v) is 3.64. The van der Waals surface area contributed by atoms with Crippen LogP contribution in [0.25, 0.3) is 16.9 Å². The van der Waals surface area contributed by atoms with Crippen molar-refractivity contribution in [1.29, 1.82) is 0 Å². The minimum Gasteiger partial charge on any atom is -0.467 e. The molecule has 2 aromatic carbocycles. The monoisotopic (exact) mass is 434 g/mol. The summed E-state index contributed by atoms with van der Waals surface area (Å²) in [5.74, 6) is -1.50. The first kappa shape index (κ1) is 19.7. The molecule has 0 amide bonds. The van der Waals surface area contributed by atoms with Gasteiger partial charge in [-0.1, -0.05) is 24.3 Å². The van der Waals surface area contributed by atoms with Gasteiger partial charge in [-0.3, -0.25) is 9.36 Å². The molecule has 0 atom stereocenters. The minimum atomic E-state index is -0.983. The Morgan fingerprint density at radius 3 is 2.44 bits per heavy atom. The van der Waals surface area contributed by atoms with E-state index in [1.54, 1.807) is 36.4 Å². The zero-order valence-electron chi connectivity index (χ0n) is 16.6. The van der Waals surface area contributed by atoms with Crippen LogP contribution in [0.1, 0.15) is 11.3 Å². The summed E-state index contributed by atoms with van der Waals surface area (Å²) in [6.45, 7) is 0.000478. The number of benzene rings is 2. The third-order valence-electron chi connectivity index (χ3n) is 5.15. The quantitative estimate of drug-likeness (QED) is 0.425. The second-order valence-corrected chi connectivity index (χ2v) is 7.22. The van der Waals surface area contributed by atoms with Crippen molar-refractivity contribution < 1.29 is 13.2 Å². The van der Waals surface area contributed by atoms with Crippen LogP contribution in [0.15, 0.2) is 87.3 Å². The highest BCUT2D eigenvalue weighted by Gasteiger charge is 2.20. The maximum atomic E-state index is 13.7. The van der Waals surface area contributed by atoms with Crippen molar-refractivity contribution in [2.75, 3.05) is 0 Å². The van der Waals surface area contributed by atoms with Gasteiger partial charge in [0.2, 0.25) is 0 Å². The van der Waals surface area contributed by atoms with Crippen LogP contribution in [0.2, 0.25) is 0 Å². The van der Waals surface area contributed by atoms with E-state index in [1.165, 1.54) is 27.8 Å². The molecule has 5 aromatic rings. The van der Waals surface area contributed by atoms with Gasteiger partial charge in [0.25, 0.3) is 5.56 Å². The van der Waals surface area contributed by atoms with Crippen molar-refractivity contribution >= 4 is 11.2 Å². The molecule has 0 aliphatic rings. The third kappa shape index (κ3) is 3.33. The lowest BCUT2D eigenvalue weighted by Gasteiger charge is -2.12. The second-order valence-electron chi connectivity index (χ2n) is 7.22. The van der Waals surface area contributed by atoms with Crippen LogP contribution < -0.4 is 11.2 Å². The Bertz CT molecular complexity index is 1530. The van der Waals surface area contributed by atoms with E-state index in [1.807, 2.05) is 6.07 Å². The van der Waals surface area contributed by atoms with E-state index >= 15 is 0 Å². The Labute approximate surface area is 179 Å². The molecule has 0 radical (unpaired) electrons. The summed E-state index contributed by atoms with van der Waals surface area (Å²) in [5, 5.41) is 0. The van der Waals surface area contributed by atoms with Crippen LogP contribution in [0.5, 0.6) is 0 Å². The number of imidazole rings is 1. The van der Waals surface area contributed by atoms with E-state index in [4.69, 9.17) is 4.42 Å². The van der Waals surface area contributed by atoms with E-state index in [9.17, 15) is 18.4 Å². The molecule has 9 heteroatoms. The van der Waals surface area contributed by atoms with Crippen molar-refractivity contribution in [2.45, 2.75) is 13.1 Å². The van der Waals surface area contributed by atoms with Crippen LogP contribution in [-0.2, 0) is 13.1 Å². The lowest BCUT2D eigenvalue weighted by Crippen LogP contribution is -2.40. The van der Waals surface area contributed by atoms with E-state index in [0.717, 1.165) is 16.7 Å². The average molecular weight is 434 g/mol. The summed E-state index contributed by atoms with van der Waals surface area (Å²) >= 11 is 0. The van der Waals surface area contributed by atoms with E-state index in [2.05, 4.69) is 4.98 Å². The lowest BCUT2D eigenvalue weighted by molar-refractivity contribution is 0.482. The first-order valence-electron chi connectivity index (χ1n) is 9.75. The minimum absolute atomic E-state index is 0.0657. The molecule has 0 saturated carbocycles. The fourth-order valence-electron chi connectivity index (χ4n) is 3.64. The Kier molecular flexibility index (Phi) is 4.78. The number of para-hydroxylation sites is 1. The van der Waals surface area contributed by atoms with Crippen molar-refractivity contribution in [1.82, 2.24) is 18.7 Å². The van der Waals surface area contributed by atoms with Gasteiger partial charge in [-0.25, -0.2) is 23.1 Å². The molecule has 0 spiro atoms. The van der Waals surface area contributed by atoms with Crippen LogP contribution in [0.4, 0.5) is 8.78 Å². The van der Waals surface area contributed by atoms with Gasteiger partial charge in [-0.15, -0.1) is 0 Å². The number of hydrogen-bond acceptors (Lipinski definition) is 4. The van der Waals surface area contributed by atoms with Gasteiger partial charge in [0.15, 0.2) is 22.8 Å². The number of furan rings is 1. The number of halogens is 2. The van der Waals surface area contributed by atoms with Gasteiger partial charge in [0.1, 0.15) is 5.76 Å². The SMILES string of the molecule is O=c1c2c(ncn2Cc2ccc(F)c(F)c2)n(-c2ccccc2)c(=O)n1Cc1ccco1. The Morgan fingerprint density at radius 1 is 0.906 bits per heavy atom. The van der Waals surface area contributed by atoms with Gasteiger partial charge in [-0.05, 0) is 42.0 Å². The molecule has 3 aromatic heterocycles. The van der Waals surface area contributed by atoms with Crippen molar-refractivity contribution in [2.24, 2.45) is 0 Å². The molecular weight excluding hydrogens is 418 g/mol. The van der Waals surface area contributed by atoms with Crippen molar-refractivity contribution in [3.05, 3.63) is 117 Å². The maximum Gasteiger partial charge on any atom is 0.337 e. The first-order chi connectivity index (χ1) is 15.5. The molecule has 3 heterocycles.